The summed E-state index contributed by atoms with van der Waals surface area (Å²) in [7, 11) is 0. The zero-order chi connectivity index (χ0) is 15.9. The highest BCUT2D eigenvalue weighted by atomic mass is 16.5. The summed E-state index contributed by atoms with van der Waals surface area (Å²) in [5, 5.41) is 6.02. The van der Waals surface area contributed by atoms with E-state index in [1.54, 1.807) is 0 Å². The molecule has 0 aliphatic carbocycles. The van der Waals surface area contributed by atoms with Gasteiger partial charge in [-0.05, 0) is 23.3 Å². The van der Waals surface area contributed by atoms with E-state index in [4.69, 9.17) is 9.47 Å². The van der Waals surface area contributed by atoms with Crippen molar-refractivity contribution in [1.29, 1.82) is 0 Å². The lowest BCUT2D eigenvalue weighted by Gasteiger charge is -2.24. The molecule has 5 nitrogen and oxygen atoms in total. The molecule has 1 atom stereocenters. The zero-order valence-corrected chi connectivity index (χ0v) is 12.8. The molecule has 23 heavy (non-hydrogen) atoms. The van der Waals surface area contributed by atoms with Crippen LogP contribution in [0, 0.1) is 0 Å². The number of ether oxygens (including phenoxy) is 2. The Balaban J connectivity index is 1.50. The van der Waals surface area contributed by atoms with Gasteiger partial charge in [0.2, 0.25) is 0 Å². The van der Waals surface area contributed by atoms with E-state index in [-0.39, 0.29) is 12.7 Å². The maximum absolute atomic E-state index is 11.8. The molecule has 1 unspecified atom stereocenters. The van der Waals surface area contributed by atoms with Gasteiger partial charge in [-0.15, -0.1) is 0 Å². The van der Waals surface area contributed by atoms with Crippen LogP contribution in [0.2, 0.25) is 0 Å². The van der Waals surface area contributed by atoms with Crippen molar-refractivity contribution >= 4 is 11.8 Å². The Morgan fingerprint density at radius 2 is 1.96 bits per heavy atom. The quantitative estimate of drug-likeness (QED) is 0.911. The zero-order valence-electron chi connectivity index (χ0n) is 12.8. The van der Waals surface area contributed by atoms with Crippen molar-refractivity contribution < 1.29 is 14.3 Å². The highest BCUT2D eigenvalue weighted by molar-refractivity contribution is 5.84. The van der Waals surface area contributed by atoms with Crippen LogP contribution in [0.15, 0.2) is 54.6 Å². The topological polar surface area (TPSA) is 59.6 Å². The van der Waals surface area contributed by atoms with Crippen molar-refractivity contribution in [3.63, 3.8) is 0 Å². The van der Waals surface area contributed by atoms with Crippen LogP contribution in [0.3, 0.4) is 0 Å². The summed E-state index contributed by atoms with van der Waals surface area (Å²) in [6, 6.07) is 17.2. The molecule has 0 radical (unpaired) electrons. The minimum Gasteiger partial charge on any atom is -0.444 e. The summed E-state index contributed by atoms with van der Waals surface area (Å²) in [5.74, 6) is 0. The van der Waals surface area contributed by atoms with Crippen LogP contribution in [-0.4, -0.2) is 25.8 Å². The lowest BCUT2D eigenvalue weighted by Crippen LogP contribution is -2.33. The number of hydrogen-bond donors (Lipinski definition) is 2. The van der Waals surface area contributed by atoms with Crippen molar-refractivity contribution in [2.75, 3.05) is 25.0 Å². The van der Waals surface area contributed by atoms with E-state index in [1.165, 1.54) is 0 Å². The SMILES string of the molecule is O=C(Nc1ccc(C2CNCCO2)cc1)OCc1ccccc1. The highest BCUT2D eigenvalue weighted by Crippen LogP contribution is 2.20. The van der Waals surface area contributed by atoms with Crippen LogP contribution in [0.25, 0.3) is 0 Å². The average molecular weight is 312 g/mol. The molecule has 0 aromatic heterocycles. The third-order valence-electron chi connectivity index (χ3n) is 3.67. The van der Waals surface area contributed by atoms with Gasteiger partial charge in [-0.2, -0.15) is 0 Å². The lowest BCUT2D eigenvalue weighted by atomic mass is 10.1. The minimum atomic E-state index is -0.461. The highest BCUT2D eigenvalue weighted by Gasteiger charge is 2.15. The summed E-state index contributed by atoms with van der Waals surface area (Å²) in [4.78, 5) is 11.8. The van der Waals surface area contributed by atoms with Crippen molar-refractivity contribution in [2.24, 2.45) is 0 Å². The lowest BCUT2D eigenvalue weighted by molar-refractivity contribution is 0.0277. The first-order valence-corrected chi connectivity index (χ1v) is 7.71. The first-order valence-electron chi connectivity index (χ1n) is 7.71. The second-order valence-corrected chi connectivity index (χ2v) is 5.37. The van der Waals surface area contributed by atoms with Crippen LogP contribution >= 0.6 is 0 Å². The van der Waals surface area contributed by atoms with Gasteiger partial charge in [-0.1, -0.05) is 42.5 Å². The third kappa shape index (κ3) is 4.55. The predicted molar refractivity (Wildman–Crippen MR) is 88.3 cm³/mol. The summed E-state index contributed by atoms with van der Waals surface area (Å²) in [6.45, 7) is 2.68. The van der Waals surface area contributed by atoms with Gasteiger partial charge in [0.05, 0.1) is 12.7 Å². The molecule has 1 amide bonds. The van der Waals surface area contributed by atoms with Crippen molar-refractivity contribution in [1.82, 2.24) is 5.32 Å². The van der Waals surface area contributed by atoms with Gasteiger partial charge < -0.3 is 14.8 Å². The Bertz CT molecular complexity index is 622. The molecule has 1 saturated heterocycles. The van der Waals surface area contributed by atoms with E-state index in [1.807, 2.05) is 54.6 Å². The fourth-order valence-electron chi connectivity index (χ4n) is 2.44. The van der Waals surface area contributed by atoms with Crippen molar-refractivity contribution in [3.05, 3.63) is 65.7 Å². The number of morpholine rings is 1. The fourth-order valence-corrected chi connectivity index (χ4v) is 2.44. The molecule has 1 aliphatic rings. The molecule has 1 aliphatic heterocycles. The van der Waals surface area contributed by atoms with Gasteiger partial charge in [0, 0.05) is 18.8 Å². The first kappa shape index (κ1) is 15.5. The van der Waals surface area contributed by atoms with Gasteiger partial charge in [-0.25, -0.2) is 4.79 Å². The summed E-state index contributed by atoms with van der Waals surface area (Å²) >= 11 is 0. The second kappa shape index (κ2) is 7.76. The maximum Gasteiger partial charge on any atom is 0.411 e. The summed E-state index contributed by atoms with van der Waals surface area (Å²) in [5.41, 5.74) is 2.76. The van der Waals surface area contributed by atoms with Crippen LogP contribution in [-0.2, 0) is 16.1 Å². The summed E-state index contributed by atoms with van der Waals surface area (Å²) in [6.07, 6.45) is -0.389. The minimum absolute atomic E-state index is 0.0721. The van der Waals surface area contributed by atoms with Crippen LogP contribution in [0.5, 0.6) is 0 Å². The Kier molecular flexibility index (Phi) is 5.24. The van der Waals surface area contributed by atoms with E-state index in [0.29, 0.717) is 5.69 Å². The molecular weight excluding hydrogens is 292 g/mol. The van der Waals surface area contributed by atoms with Crippen molar-refractivity contribution in [2.45, 2.75) is 12.7 Å². The Morgan fingerprint density at radius 1 is 1.17 bits per heavy atom. The molecule has 0 saturated carbocycles. The molecule has 0 bridgehead atoms. The van der Waals surface area contributed by atoms with E-state index in [9.17, 15) is 4.79 Å². The maximum atomic E-state index is 11.8. The van der Waals surface area contributed by atoms with Gasteiger partial charge >= 0.3 is 6.09 Å². The average Bonchev–Trinajstić information content (AvgIpc) is 2.62. The molecule has 1 fully saturated rings. The molecule has 5 heteroatoms. The number of carbonyl (C=O) groups is 1. The van der Waals surface area contributed by atoms with Crippen LogP contribution in [0.4, 0.5) is 10.5 Å². The number of anilines is 1. The largest absolute Gasteiger partial charge is 0.444 e. The van der Waals surface area contributed by atoms with E-state index in [2.05, 4.69) is 10.6 Å². The summed E-state index contributed by atoms with van der Waals surface area (Å²) < 4.78 is 10.9. The third-order valence-corrected chi connectivity index (χ3v) is 3.67. The van der Waals surface area contributed by atoms with Gasteiger partial charge in [-0.3, -0.25) is 5.32 Å². The number of nitrogens with one attached hydrogen (secondary N) is 2. The molecule has 1 heterocycles. The Morgan fingerprint density at radius 3 is 2.65 bits per heavy atom. The van der Waals surface area contributed by atoms with E-state index in [0.717, 1.165) is 30.8 Å². The predicted octanol–water partition coefficient (Wildman–Crippen LogP) is 3.10. The number of hydrogen-bond acceptors (Lipinski definition) is 4. The number of amides is 1. The fraction of sp³-hybridized carbons (Fsp3) is 0.278. The number of carbonyl (C=O) groups excluding carboxylic acids is 1. The Labute approximate surface area is 135 Å². The molecule has 2 aromatic rings. The van der Waals surface area contributed by atoms with E-state index >= 15 is 0 Å². The van der Waals surface area contributed by atoms with Gasteiger partial charge in [0.1, 0.15) is 6.61 Å². The molecule has 2 N–H and O–H groups in total. The standard InChI is InChI=1S/C18H20N2O3/c21-18(23-13-14-4-2-1-3-5-14)20-16-8-6-15(7-9-16)17-12-19-10-11-22-17/h1-9,17,19H,10-13H2,(H,20,21). The molecule has 2 aromatic carbocycles. The number of rotatable bonds is 4. The molecular formula is C18H20N2O3. The van der Waals surface area contributed by atoms with E-state index < -0.39 is 6.09 Å². The van der Waals surface area contributed by atoms with Gasteiger partial charge in [0.25, 0.3) is 0 Å². The molecule has 3 rings (SSSR count). The number of benzene rings is 2. The monoisotopic (exact) mass is 312 g/mol. The van der Waals surface area contributed by atoms with Crippen LogP contribution < -0.4 is 10.6 Å². The first-order chi connectivity index (χ1) is 11.3. The van der Waals surface area contributed by atoms with Crippen molar-refractivity contribution in [3.8, 4) is 0 Å². The molecule has 120 valence electrons. The Hall–Kier alpha value is -2.37. The normalized spacial score (nSPS) is 17.5. The van der Waals surface area contributed by atoms with Gasteiger partial charge in [0.15, 0.2) is 0 Å². The smallest absolute Gasteiger partial charge is 0.411 e. The van der Waals surface area contributed by atoms with Crippen LogP contribution in [0.1, 0.15) is 17.2 Å². The second-order valence-electron chi connectivity index (χ2n) is 5.37. The molecule has 0 spiro atoms.